The first-order chi connectivity index (χ1) is 8.90. The third-order valence-corrected chi connectivity index (χ3v) is 3.67. The van der Waals surface area contributed by atoms with Gasteiger partial charge in [-0.15, -0.1) is 0 Å². The highest BCUT2D eigenvalue weighted by Crippen LogP contribution is 2.11. The van der Waals surface area contributed by atoms with E-state index in [1.54, 1.807) is 0 Å². The van der Waals surface area contributed by atoms with Gasteiger partial charge in [0.05, 0.1) is 5.69 Å². The minimum Gasteiger partial charge on any atom is -0.310 e. The van der Waals surface area contributed by atoms with Crippen LogP contribution in [0.25, 0.3) is 0 Å². The van der Waals surface area contributed by atoms with Crippen LogP contribution in [-0.2, 0) is 13.1 Å². The first-order valence-corrected chi connectivity index (χ1v) is 7.27. The van der Waals surface area contributed by atoms with Crippen LogP contribution in [0.5, 0.6) is 0 Å². The first kappa shape index (κ1) is 16.1. The Labute approximate surface area is 118 Å². The second-order valence-electron chi connectivity index (χ2n) is 6.09. The second kappa shape index (κ2) is 7.61. The number of nitrogens with one attached hydrogen (secondary N) is 1. The molecular weight excluding hydrogens is 234 g/mol. The van der Waals surface area contributed by atoms with Gasteiger partial charge in [0.25, 0.3) is 0 Å². The highest BCUT2D eigenvalue weighted by molar-refractivity contribution is 5.14. The molecule has 0 aromatic carbocycles. The maximum absolute atomic E-state index is 4.56. The number of rotatable bonds is 7. The zero-order valence-electron chi connectivity index (χ0n) is 13.3. The van der Waals surface area contributed by atoms with E-state index in [4.69, 9.17) is 0 Å². The Morgan fingerprint density at radius 1 is 1.16 bits per heavy atom. The van der Waals surface area contributed by atoms with E-state index in [-0.39, 0.29) is 0 Å². The van der Waals surface area contributed by atoms with Crippen LogP contribution in [0.3, 0.4) is 0 Å². The quantitative estimate of drug-likeness (QED) is 0.819. The standard InChI is InChI=1S/C16H29N3/c1-12(2)14(5)19(6)11-16-8-7-15(10-18-16)9-17-13(3)4/h7-8,10,12-14,17H,9,11H2,1-6H3. The van der Waals surface area contributed by atoms with Gasteiger partial charge in [0.1, 0.15) is 0 Å². The first-order valence-electron chi connectivity index (χ1n) is 7.27. The smallest absolute Gasteiger partial charge is 0.0544 e. The van der Waals surface area contributed by atoms with Crippen LogP contribution in [0.15, 0.2) is 18.3 Å². The van der Waals surface area contributed by atoms with Gasteiger partial charge in [0.2, 0.25) is 0 Å². The summed E-state index contributed by atoms with van der Waals surface area (Å²) in [6.45, 7) is 12.9. The van der Waals surface area contributed by atoms with E-state index in [1.165, 1.54) is 5.56 Å². The van der Waals surface area contributed by atoms with Gasteiger partial charge in [0, 0.05) is 31.4 Å². The van der Waals surface area contributed by atoms with Crippen molar-refractivity contribution in [2.45, 2.75) is 59.8 Å². The lowest BCUT2D eigenvalue weighted by atomic mass is 10.1. The molecule has 0 spiro atoms. The Morgan fingerprint density at radius 2 is 1.84 bits per heavy atom. The van der Waals surface area contributed by atoms with Gasteiger partial charge in [-0.25, -0.2) is 0 Å². The zero-order chi connectivity index (χ0) is 14.4. The molecule has 0 aliphatic rings. The largest absolute Gasteiger partial charge is 0.310 e. The molecule has 1 N–H and O–H groups in total. The predicted octanol–water partition coefficient (Wildman–Crippen LogP) is 3.06. The molecule has 1 aromatic rings. The van der Waals surface area contributed by atoms with E-state index in [1.807, 2.05) is 6.20 Å². The third-order valence-electron chi connectivity index (χ3n) is 3.67. The number of hydrogen-bond donors (Lipinski definition) is 1. The summed E-state index contributed by atoms with van der Waals surface area (Å²) in [5.74, 6) is 0.666. The van der Waals surface area contributed by atoms with Crippen LogP contribution in [0.1, 0.15) is 45.9 Å². The zero-order valence-corrected chi connectivity index (χ0v) is 13.3. The van der Waals surface area contributed by atoms with Crippen molar-refractivity contribution in [3.05, 3.63) is 29.6 Å². The van der Waals surface area contributed by atoms with Gasteiger partial charge >= 0.3 is 0 Å². The molecule has 0 aliphatic carbocycles. The fourth-order valence-corrected chi connectivity index (χ4v) is 1.88. The van der Waals surface area contributed by atoms with Crippen molar-refractivity contribution >= 4 is 0 Å². The highest BCUT2D eigenvalue weighted by atomic mass is 15.1. The van der Waals surface area contributed by atoms with Gasteiger partial charge in [-0.2, -0.15) is 0 Å². The molecule has 3 heteroatoms. The molecule has 1 atom stereocenters. The van der Waals surface area contributed by atoms with Crippen molar-refractivity contribution in [3.8, 4) is 0 Å². The van der Waals surface area contributed by atoms with Gasteiger partial charge in [-0.05, 0) is 31.5 Å². The number of aromatic nitrogens is 1. The van der Waals surface area contributed by atoms with Crippen LogP contribution < -0.4 is 5.32 Å². The molecule has 1 heterocycles. The average Bonchev–Trinajstić information content (AvgIpc) is 2.36. The van der Waals surface area contributed by atoms with Crippen molar-refractivity contribution in [3.63, 3.8) is 0 Å². The fraction of sp³-hybridized carbons (Fsp3) is 0.688. The highest BCUT2D eigenvalue weighted by Gasteiger charge is 2.13. The van der Waals surface area contributed by atoms with Crippen LogP contribution in [0.4, 0.5) is 0 Å². The van der Waals surface area contributed by atoms with E-state index >= 15 is 0 Å². The summed E-state index contributed by atoms with van der Waals surface area (Å²) in [7, 11) is 2.17. The van der Waals surface area contributed by atoms with Crippen LogP contribution >= 0.6 is 0 Å². The Morgan fingerprint density at radius 3 is 2.32 bits per heavy atom. The molecule has 0 aliphatic heterocycles. The maximum Gasteiger partial charge on any atom is 0.0544 e. The molecule has 1 unspecified atom stereocenters. The predicted molar refractivity (Wildman–Crippen MR) is 82.0 cm³/mol. The summed E-state index contributed by atoms with van der Waals surface area (Å²) in [6.07, 6.45) is 1.98. The monoisotopic (exact) mass is 263 g/mol. The topological polar surface area (TPSA) is 28.2 Å². The molecule has 3 nitrogen and oxygen atoms in total. The number of hydrogen-bond acceptors (Lipinski definition) is 3. The molecule has 1 rings (SSSR count). The maximum atomic E-state index is 4.56. The van der Waals surface area contributed by atoms with E-state index in [0.29, 0.717) is 18.0 Å². The molecule has 108 valence electrons. The van der Waals surface area contributed by atoms with Gasteiger partial charge in [0.15, 0.2) is 0 Å². The molecule has 0 fully saturated rings. The van der Waals surface area contributed by atoms with E-state index in [2.05, 4.69) is 69.0 Å². The molecule has 19 heavy (non-hydrogen) atoms. The fourth-order valence-electron chi connectivity index (χ4n) is 1.88. The van der Waals surface area contributed by atoms with Crippen LogP contribution in [0, 0.1) is 5.92 Å². The van der Waals surface area contributed by atoms with Gasteiger partial charge < -0.3 is 5.32 Å². The summed E-state index contributed by atoms with van der Waals surface area (Å²) in [6, 6.07) is 5.40. The molecule has 0 amide bonds. The van der Waals surface area contributed by atoms with E-state index in [9.17, 15) is 0 Å². The van der Waals surface area contributed by atoms with E-state index < -0.39 is 0 Å². The Hall–Kier alpha value is -0.930. The summed E-state index contributed by atoms with van der Waals surface area (Å²) in [4.78, 5) is 6.92. The molecule has 0 radical (unpaired) electrons. The van der Waals surface area contributed by atoms with Gasteiger partial charge in [-0.3, -0.25) is 9.88 Å². The minimum absolute atomic E-state index is 0.512. The number of pyridine rings is 1. The van der Waals surface area contributed by atoms with Crippen LogP contribution in [0.2, 0.25) is 0 Å². The summed E-state index contributed by atoms with van der Waals surface area (Å²) < 4.78 is 0. The lowest BCUT2D eigenvalue weighted by molar-refractivity contribution is 0.198. The minimum atomic E-state index is 0.512. The molecular formula is C16H29N3. The second-order valence-corrected chi connectivity index (χ2v) is 6.09. The van der Waals surface area contributed by atoms with Gasteiger partial charge in [-0.1, -0.05) is 33.8 Å². The number of nitrogens with zero attached hydrogens (tertiary/aromatic N) is 2. The molecule has 1 aromatic heterocycles. The molecule has 0 saturated carbocycles. The Bertz CT molecular complexity index is 357. The summed E-state index contributed by atoms with van der Waals surface area (Å²) in [5.41, 5.74) is 2.39. The molecule has 0 bridgehead atoms. The summed E-state index contributed by atoms with van der Waals surface area (Å²) in [5, 5.41) is 3.40. The SMILES string of the molecule is CC(C)NCc1ccc(CN(C)C(C)C(C)C)nc1. The normalized spacial score (nSPS) is 13.5. The van der Waals surface area contributed by atoms with Crippen molar-refractivity contribution in [2.24, 2.45) is 5.92 Å². The average molecular weight is 263 g/mol. The third kappa shape index (κ3) is 5.70. The van der Waals surface area contributed by atoms with Crippen LogP contribution in [-0.4, -0.2) is 29.0 Å². The summed E-state index contributed by atoms with van der Waals surface area (Å²) >= 11 is 0. The lowest BCUT2D eigenvalue weighted by Crippen LogP contribution is -2.32. The van der Waals surface area contributed by atoms with E-state index in [0.717, 1.165) is 18.8 Å². The Balaban J connectivity index is 2.52. The Kier molecular flexibility index (Phi) is 6.46. The van der Waals surface area contributed by atoms with Crippen molar-refractivity contribution in [2.75, 3.05) is 7.05 Å². The van der Waals surface area contributed by atoms with Crippen molar-refractivity contribution in [1.82, 2.24) is 15.2 Å². The van der Waals surface area contributed by atoms with Crippen molar-refractivity contribution in [1.29, 1.82) is 0 Å². The lowest BCUT2D eigenvalue weighted by Gasteiger charge is -2.27. The molecule has 0 saturated heterocycles. The van der Waals surface area contributed by atoms with Crippen molar-refractivity contribution < 1.29 is 0 Å².